The Kier molecular flexibility index (Phi) is 5.50. The molecule has 0 unspecified atom stereocenters. The maximum atomic E-state index is 15.0. The van der Waals surface area contributed by atoms with Gasteiger partial charge >= 0.3 is 5.97 Å². The maximum absolute atomic E-state index is 15.0. The summed E-state index contributed by atoms with van der Waals surface area (Å²) in [5.74, 6) is -1.41. The van der Waals surface area contributed by atoms with E-state index in [1.807, 2.05) is 0 Å². The molecule has 158 valence electrons. The van der Waals surface area contributed by atoms with Crippen LogP contribution < -0.4 is 16.1 Å². The molecule has 3 aromatic heterocycles. The van der Waals surface area contributed by atoms with Crippen LogP contribution in [0.3, 0.4) is 0 Å². The fourth-order valence-electron chi connectivity index (χ4n) is 3.49. The van der Waals surface area contributed by atoms with Crippen molar-refractivity contribution in [2.45, 2.75) is 19.1 Å². The van der Waals surface area contributed by atoms with Crippen molar-refractivity contribution in [3.05, 3.63) is 45.4 Å². The molecule has 0 aromatic carbocycles. The Labute approximate surface area is 174 Å². The number of carbonyl (C=O) groups is 1. The lowest BCUT2D eigenvalue weighted by Crippen LogP contribution is -2.34. The fraction of sp³-hybridized carbons (Fsp3) is 0.368. The van der Waals surface area contributed by atoms with Crippen molar-refractivity contribution in [3.8, 4) is 5.13 Å². The number of hydrogen-bond donors (Lipinski definition) is 1. The molecule has 0 bridgehead atoms. The largest absolute Gasteiger partial charge is 0.462 e. The van der Waals surface area contributed by atoms with E-state index in [0.717, 1.165) is 6.07 Å². The maximum Gasteiger partial charge on any atom is 0.343 e. The molecule has 11 heteroatoms. The molecule has 30 heavy (non-hydrogen) atoms. The molecule has 3 aromatic rings. The van der Waals surface area contributed by atoms with Crippen LogP contribution in [0.4, 0.5) is 10.2 Å². The van der Waals surface area contributed by atoms with Gasteiger partial charge in [0.2, 0.25) is 5.43 Å². The minimum absolute atomic E-state index is 0.0382. The van der Waals surface area contributed by atoms with Crippen LogP contribution >= 0.6 is 11.3 Å². The van der Waals surface area contributed by atoms with Crippen LogP contribution in [-0.4, -0.2) is 59.5 Å². The molecule has 0 aliphatic carbocycles. The van der Waals surface area contributed by atoms with Gasteiger partial charge in [0.25, 0.3) is 0 Å². The van der Waals surface area contributed by atoms with E-state index in [9.17, 15) is 9.59 Å². The zero-order valence-corrected chi connectivity index (χ0v) is 17.2. The minimum Gasteiger partial charge on any atom is -0.462 e. The van der Waals surface area contributed by atoms with Crippen molar-refractivity contribution in [2.75, 3.05) is 31.7 Å². The van der Waals surface area contributed by atoms with Crippen LogP contribution in [0, 0.1) is 5.82 Å². The molecule has 4 heterocycles. The van der Waals surface area contributed by atoms with Gasteiger partial charge in [-0.15, -0.1) is 11.3 Å². The third-order valence-corrected chi connectivity index (χ3v) is 5.72. The number of fused-ring (bicyclic) bond motifs is 1. The zero-order chi connectivity index (χ0) is 21.4. The number of halogens is 1. The molecular formula is C19H20FN5O4S. The number of pyridine rings is 2. The van der Waals surface area contributed by atoms with Crippen molar-refractivity contribution >= 4 is 34.2 Å². The number of hydrogen-bond acceptors (Lipinski definition) is 9. The van der Waals surface area contributed by atoms with Crippen molar-refractivity contribution in [2.24, 2.45) is 5.73 Å². The Morgan fingerprint density at radius 1 is 1.43 bits per heavy atom. The standard InChI is InChI=1S/C19H20FN5O4S/c1-3-29-18(27)11-7-25(19-22-4-5-30-19)16-10(15(11)26)6-12(20)17(23-16)24-8-13(21)14(9-24)28-2/h4-7,13-14H,3,8-9,21H2,1-2H3/t13-,14-/m1/s1. The quantitative estimate of drug-likeness (QED) is 0.600. The summed E-state index contributed by atoms with van der Waals surface area (Å²) >= 11 is 1.29. The third kappa shape index (κ3) is 3.44. The van der Waals surface area contributed by atoms with E-state index >= 15 is 4.39 Å². The van der Waals surface area contributed by atoms with Gasteiger partial charge in [-0.3, -0.25) is 9.36 Å². The molecule has 1 aliphatic heterocycles. The second-order valence-electron chi connectivity index (χ2n) is 6.79. The lowest BCUT2D eigenvalue weighted by molar-refractivity contribution is 0.0524. The van der Waals surface area contributed by atoms with Crippen LogP contribution in [0.25, 0.3) is 16.2 Å². The van der Waals surface area contributed by atoms with E-state index in [1.54, 1.807) is 30.5 Å². The lowest BCUT2D eigenvalue weighted by Gasteiger charge is -2.19. The molecule has 1 fully saturated rings. The lowest BCUT2D eigenvalue weighted by atomic mass is 10.2. The van der Waals surface area contributed by atoms with Gasteiger partial charge in [0.15, 0.2) is 22.4 Å². The van der Waals surface area contributed by atoms with Gasteiger partial charge in [-0.1, -0.05) is 0 Å². The summed E-state index contributed by atoms with van der Waals surface area (Å²) in [7, 11) is 1.55. The topological polar surface area (TPSA) is 113 Å². The molecule has 0 radical (unpaired) electrons. The molecular weight excluding hydrogens is 413 g/mol. The third-order valence-electron chi connectivity index (χ3n) is 4.95. The average molecular weight is 433 g/mol. The van der Waals surface area contributed by atoms with Gasteiger partial charge in [-0.05, 0) is 13.0 Å². The van der Waals surface area contributed by atoms with E-state index < -0.39 is 17.2 Å². The van der Waals surface area contributed by atoms with E-state index in [0.29, 0.717) is 18.2 Å². The summed E-state index contributed by atoms with van der Waals surface area (Å²) in [5.41, 5.74) is 5.39. The number of anilines is 1. The SMILES string of the molecule is CCOC(=O)c1cn(-c2nccs2)c2nc(N3C[C@@H](N)[C@H](OC)C3)c(F)cc2c1=O. The Hall–Kier alpha value is -2.89. The first-order valence-electron chi connectivity index (χ1n) is 9.30. The first kappa shape index (κ1) is 20.4. The monoisotopic (exact) mass is 433 g/mol. The molecule has 2 N–H and O–H groups in total. The number of carbonyl (C=O) groups excluding carboxylic acids is 1. The van der Waals surface area contributed by atoms with Gasteiger partial charge in [-0.25, -0.2) is 19.2 Å². The Balaban J connectivity index is 1.93. The molecule has 1 aliphatic rings. The number of nitrogens with two attached hydrogens (primary N) is 1. The minimum atomic E-state index is -0.785. The van der Waals surface area contributed by atoms with E-state index in [2.05, 4.69) is 9.97 Å². The fourth-order valence-corrected chi connectivity index (χ4v) is 4.11. The number of aromatic nitrogens is 3. The Morgan fingerprint density at radius 3 is 2.87 bits per heavy atom. The number of rotatable bonds is 5. The van der Waals surface area contributed by atoms with Gasteiger partial charge in [0.1, 0.15) is 5.56 Å². The van der Waals surface area contributed by atoms with Crippen molar-refractivity contribution < 1.29 is 18.7 Å². The smallest absolute Gasteiger partial charge is 0.343 e. The highest BCUT2D eigenvalue weighted by Crippen LogP contribution is 2.27. The van der Waals surface area contributed by atoms with Crippen molar-refractivity contribution in [1.82, 2.24) is 14.5 Å². The van der Waals surface area contributed by atoms with E-state index in [1.165, 1.54) is 22.1 Å². The van der Waals surface area contributed by atoms with Gasteiger partial charge in [0.05, 0.1) is 24.1 Å². The first-order valence-corrected chi connectivity index (χ1v) is 10.2. The molecule has 0 amide bonds. The second kappa shape index (κ2) is 8.09. The summed E-state index contributed by atoms with van der Waals surface area (Å²) < 4.78 is 26.8. The van der Waals surface area contributed by atoms with Crippen molar-refractivity contribution in [1.29, 1.82) is 0 Å². The average Bonchev–Trinajstić information content (AvgIpc) is 3.38. The normalized spacial score (nSPS) is 18.9. The highest BCUT2D eigenvalue weighted by Gasteiger charge is 2.33. The summed E-state index contributed by atoms with van der Waals surface area (Å²) in [6.45, 7) is 2.47. The van der Waals surface area contributed by atoms with Crippen molar-refractivity contribution in [3.63, 3.8) is 0 Å². The highest BCUT2D eigenvalue weighted by atomic mass is 32.1. The zero-order valence-electron chi connectivity index (χ0n) is 16.4. The van der Waals surface area contributed by atoms with Crippen LogP contribution in [-0.2, 0) is 9.47 Å². The van der Waals surface area contributed by atoms with Crippen LogP contribution in [0.2, 0.25) is 0 Å². The molecule has 0 spiro atoms. The predicted octanol–water partition coefficient (Wildman–Crippen LogP) is 1.32. The Morgan fingerprint density at radius 2 is 2.23 bits per heavy atom. The van der Waals surface area contributed by atoms with E-state index in [4.69, 9.17) is 15.2 Å². The predicted molar refractivity (Wildman–Crippen MR) is 110 cm³/mol. The molecule has 9 nitrogen and oxygen atoms in total. The van der Waals surface area contributed by atoms with Gasteiger partial charge < -0.3 is 20.1 Å². The first-order chi connectivity index (χ1) is 14.4. The number of ether oxygens (including phenoxy) is 2. The van der Waals surface area contributed by atoms with Crippen LogP contribution in [0.1, 0.15) is 17.3 Å². The second-order valence-corrected chi connectivity index (χ2v) is 7.66. The van der Waals surface area contributed by atoms with Crippen LogP contribution in [0.15, 0.2) is 28.6 Å². The number of nitrogens with zero attached hydrogens (tertiary/aromatic N) is 4. The van der Waals surface area contributed by atoms with Crippen LogP contribution in [0.5, 0.6) is 0 Å². The number of methoxy groups -OCH3 is 1. The number of esters is 1. The molecule has 4 rings (SSSR count). The highest BCUT2D eigenvalue weighted by molar-refractivity contribution is 7.12. The summed E-state index contributed by atoms with van der Waals surface area (Å²) in [4.78, 5) is 35.6. The summed E-state index contributed by atoms with van der Waals surface area (Å²) in [5, 5.41) is 2.18. The van der Waals surface area contributed by atoms with E-state index in [-0.39, 0.29) is 41.2 Å². The van der Waals surface area contributed by atoms with Gasteiger partial charge in [-0.2, -0.15) is 0 Å². The Bertz CT molecular complexity index is 1150. The summed E-state index contributed by atoms with van der Waals surface area (Å²) in [6.07, 6.45) is 2.67. The summed E-state index contributed by atoms with van der Waals surface area (Å²) in [6, 6.07) is 0.803. The molecule has 2 atom stereocenters. The molecule has 0 saturated carbocycles. The number of thiazole rings is 1. The molecule has 1 saturated heterocycles. The van der Waals surface area contributed by atoms with Gasteiger partial charge in [0, 0.05) is 38.0 Å².